The summed E-state index contributed by atoms with van der Waals surface area (Å²) in [6.07, 6.45) is 5.12. The molecule has 13 rings (SSSR count). The van der Waals surface area contributed by atoms with E-state index >= 15 is 0 Å². The molecule has 4 heterocycles. The van der Waals surface area contributed by atoms with Crippen LogP contribution in [0, 0.1) is 0 Å². The lowest BCUT2D eigenvalue weighted by molar-refractivity contribution is 0.586. The van der Waals surface area contributed by atoms with Gasteiger partial charge in [-0.2, -0.15) is 0 Å². The Balaban J connectivity index is 1.00. The van der Waals surface area contributed by atoms with Crippen LogP contribution in [0.2, 0.25) is 0 Å². The van der Waals surface area contributed by atoms with Crippen molar-refractivity contribution in [3.05, 3.63) is 205 Å². The minimum atomic E-state index is -0.0996. The van der Waals surface area contributed by atoms with Crippen molar-refractivity contribution in [1.29, 1.82) is 0 Å². The first kappa shape index (κ1) is 34.3. The second-order valence-corrected chi connectivity index (χ2v) is 17.1. The molecule has 61 heavy (non-hydrogen) atoms. The molecule has 12 aromatic rings. The van der Waals surface area contributed by atoms with Crippen LogP contribution in [-0.4, -0.2) is 14.5 Å². The molecule has 0 saturated heterocycles. The molecule has 0 bridgehead atoms. The van der Waals surface area contributed by atoms with Crippen molar-refractivity contribution in [2.45, 2.75) is 12.3 Å². The van der Waals surface area contributed by atoms with Crippen molar-refractivity contribution in [2.75, 3.05) is 0 Å². The SMILES string of the molecule is C1=Cc2oc3ccc(-n4c5ccc(-c6ccccc6)cc5c5cc6ccccc6cc54)cc3c2C(c2nc(-c3ccc(-c4ccccc4)cc3)c3sc4ccccc4c3n2)C1. The average molecular weight is 798 g/mol. The van der Waals surface area contributed by atoms with Crippen LogP contribution in [-0.2, 0) is 0 Å². The summed E-state index contributed by atoms with van der Waals surface area (Å²) in [5.41, 5.74) is 13.3. The Kier molecular flexibility index (Phi) is 7.57. The molecule has 5 heteroatoms. The minimum Gasteiger partial charge on any atom is -0.456 e. The summed E-state index contributed by atoms with van der Waals surface area (Å²) >= 11 is 1.77. The molecule has 1 aliphatic carbocycles. The molecule has 0 N–H and O–H groups in total. The third-order valence-electron chi connectivity index (χ3n) is 12.5. The third kappa shape index (κ3) is 5.44. The summed E-state index contributed by atoms with van der Waals surface area (Å²) in [5, 5.41) is 7.16. The largest absolute Gasteiger partial charge is 0.456 e. The molecular formula is C56H35N3OS. The van der Waals surface area contributed by atoms with Crippen LogP contribution in [0.1, 0.15) is 29.5 Å². The van der Waals surface area contributed by atoms with E-state index in [4.69, 9.17) is 14.4 Å². The maximum atomic E-state index is 6.68. The van der Waals surface area contributed by atoms with E-state index in [2.05, 4.69) is 199 Å². The monoisotopic (exact) mass is 797 g/mol. The van der Waals surface area contributed by atoms with Crippen molar-refractivity contribution in [1.82, 2.24) is 14.5 Å². The highest BCUT2D eigenvalue weighted by Crippen LogP contribution is 2.45. The molecule has 4 nitrogen and oxygen atoms in total. The lowest BCUT2D eigenvalue weighted by Crippen LogP contribution is -2.09. The number of rotatable bonds is 5. The topological polar surface area (TPSA) is 43.9 Å². The second-order valence-electron chi connectivity index (χ2n) is 16.1. The number of nitrogens with zero attached hydrogens (tertiary/aromatic N) is 3. The highest BCUT2D eigenvalue weighted by atomic mass is 32.1. The summed E-state index contributed by atoms with van der Waals surface area (Å²) in [5.74, 6) is 1.59. The van der Waals surface area contributed by atoms with Crippen molar-refractivity contribution < 1.29 is 4.42 Å². The van der Waals surface area contributed by atoms with Gasteiger partial charge in [-0.15, -0.1) is 11.3 Å². The zero-order valence-electron chi connectivity index (χ0n) is 32.9. The Hall–Kier alpha value is -7.60. The summed E-state index contributed by atoms with van der Waals surface area (Å²) in [4.78, 5) is 11.0. The highest BCUT2D eigenvalue weighted by molar-refractivity contribution is 7.26. The number of furan rings is 1. The first-order valence-electron chi connectivity index (χ1n) is 20.8. The number of hydrogen-bond donors (Lipinski definition) is 0. The second kappa shape index (κ2) is 13.5. The Morgan fingerprint density at radius 3 is 2.02 bits per heavy atom. The maximum Gasteiger partial charge on any atom is 0.137 e. The molecule has 0 amide bonds. The van der Waals surface area contributed by atoms with Crippen molar-refractivity contribution in [3.63, 3.8) is 0 Å². The molecule has 8 aromatic carbocycles. The first-order chi connectivity index (χ1) is 30.2. The number of benzene rings is 8. The molecular weight excluding hydrogens is 763 g/mol. The quantitative estimate of drug-likeness (QED) is 0.174. The fourth-order valence-electron chi connectivity index (χ4n) is 9.61. The highest BCUT2D eigenvalue weighted by Gasteiger charge is 2.30. The van der Waals surface area contributed by atoms with E-state index < -0.39 is 0 Å². The van der Waals surface area contributed by atoms with Gasteiger partial charge in [0, 0.05) is 43.1 Å². The molecule has 0 spiro atoms. The van der Waals surface area contributed by atoms with Crippen LogP contribution in [0.25, 0.3) is 109 Å². The van der Waals surface area contributed by atoms with E-state index in [0.29, 0.717) is 0 Å². The van der Waals surface area contributed by atoms with Gasteiger partial charge >= 0.3 is 0 Å². The van der Waals surface area contributed by atoms with Gasteiger partial charge in [0.25, 0.3) is 0 Å². The first-order valence-corrected chi connectivity index (χ1v) is 21.6. The van der Waals surface area contributed by atoms with Gasteiger partial charge in [-0.3, -0.25) is 0 Å². The predicted molar refractivity (Wildman–Crippen MR) is 255 cm³/mol. The molecule has 1 unspecified atom stereocenters. The molecule has 286 valence electrons. The molecule has 0 aliphatic heterocycles. The Morgan fingerprint density at radius 2 is 1.20 bits per heavy atom. The van der Waals surface area contributed by atoms with Crippen LogP contribution >= 0.6 is 11.3 Å². The molecule has 0 radical (unpaired) electrons. The zero-order chi connectivity index (χ0) is 40.0. The fraction of sp³-hybridized carbons (Fsp3) is 0.0357. The van der Waals surface area contributed by atoms with Crippen LogP contribution in [0.15, 0.2) is 192 Å². The van der Waals surface area contributed by atoms with Crippen LogP contribution in [0.3, 0.4) is 0 Å². The molecule has 1 aliphatic rings. The van der Waals surface area contributed by atoms with Gasteiger partial charge in [0.1, 0.15) is 17.2 Å². The van der Waals surface area contributed by atoms with Crippen molar-refractivity contribution in [3.8, 4) is 39.2 Å². The summed E-state index contributed by atoms with van der Waals surface area (Å²) in [7, 11) is 0. The third-order valence-corrected chi connectivity index (χ3v) is 13.7. The van der Waals surface area contributed by atoms with E-state index in [1.165, 1.54) is 59.5 Å². The lowest BCUT2D eigenvalue weighted by Gasteiger charge is -2.19. The molecule has 0 saturated carbocycles. The van der Waals surface area contributed by atoms with E-state index in [1.807, 2.05) is 0 Å². The Morgan fingerprint density at radius 1 is 0.525 bits per heavy atom. The molecule has 0 fully saturated rings. The van der Waals surface area contributed by atoms with Crippen LogP contribution in [0.5, 0.6) is 0 Å². The summed E-state index contributed by atoms with van der Waals surface area (Å²) < 4.78 is 11.4. The number of allylic oxidation sites excluding steroid dienone is 1. The summed E-state index contributed by atoms with van der Waals surface area (Å²) in [6, 6.07) is 65.5. The normalized spacial score (nSPS) is 13.9. The van der Waals surface area contributed by atoms with Crippen molar-refractivity contribution in [2.24, 2.45) is 0 Å². The predicted octanol–water partition coefficient (Wildman–Crippen LogP) is 15.4. The maximum absolute atomic E-state index is 6.68. The van der Waals surface area contributed by atoms with Gasteiger partial charge in [0.2, 0.25) is 0 Å². The van der Waals surface area contributed by atoms with Crippen molar-refractivity contribution >= 4 is 81.3 Å². The summed E-state index contributed by atoms with van der Waals surface area (Å²) in [6.45, 7) is 0. The number of fused-ring (bicyclic) bond motifs is 10. The lowest BCUT2D eigenvalue weighted by atomic mass is 9.88. The van der Waals surface area contributed by atoms with E-state index in [1.54, 1.807) is 11.3 Å². The van der Waals surface area contributed by atoms with Crippen LogP contribution < -0.4 is 0 Å². The van der Waals surface area contributed by atoms with E-state index in [0.717, 1.165) is 67.1 Å². The smallest absolute Gasteiger partial charge is 0.137 e. The van der Waals surface area contributed by atoms with Gasteiger partial charge < -0.3 is 8.98 Å². The van der Waals surface area contributed by atoms with Gasteiger partial charge in [-0.25, -0.2) is 9.97 Å². The fourth-order valence-corrected chi connectivity index (χ4v) is 10.8. The van der Waals surface area contributed by atoms with Gasteiger partial charge in [-0.1, -0.05) is 140 Å². The molecule has 4 aromatic heterocycles. The minimum absolute atomic E-state index is 0.0996. The van der Waals surface area contributed by atoms with Gasteiger partial charge in [0.05, 0.1) is 32.9 Å². The standard InChI is InChI=1S/C56H35N3OS/c1-3-12-34(13-4-1)36-22-24-37(25-23-36)53-55-54(42-18-9-10-21-51(42)61-55)58-56(57-53)43-19-11-20-50-52(43)46-33-41(27-29-49(46)60-50)59-47-28-26-40(35-14-5-2-6-15-35)31-44(47)45-30-38-16-7-8-17-39(38)32-48(45)59/h1-18,20-33,43H,19H2. The van der Waals surface area contributed by atoms with E-state index in [-0.39, 0.29) is 5.92 Å². The van der Waals surface area contributed by atoms with Gasteiger partial charge in [-0.05, 0) is 94.1 Å². The average Bonchev–Trinajstić information content (AvgIpc) is 4.00. The molecule has 1 atom stereocenters. The number of aromatic nitrogens is 3. The Labute approximate surface area is 355 Å². The van der Waals surface area contributed by atoms with Gasteiger partial charge in [0.15, 0.2) is 0 Å². The zero-order valence-corrected chi connectivity index (χ0v) is 33.7. The number of hydrogen-bond acceptors (Lipinski definition) is 4. The van der Waals surface area contributed by atoms with E-state index in [9.17, 15) is 0 Å². The Bertz CT molecular complexity index is 3730. The number of thiophene rings is 1. The van der Waals surface area contributed by atoms with Crippen LogP contribution in [0.4, 0.5) is 0 Å².